The van der Waals surface area contributed by atoms with Crippen molar-refractivity contribution in [1.82, 2.24) is 9.29 Å². The van der Waals surface area contributed by atoms with E-state index in [2.05, 4.69) is 10.3 Å². The van der Waals surface area contributed by atoms with Gasteiger partial charge in [-0.05, 0) is 51.8 Å². The van der Waals surface area contributed by atoms with Crippen LogP contribution < -0.4 is 5.32 Å². The molecule has 0 aliphatic heterocycles. The van der Waals surface area contributed by atoms with Crippen molar-refractivity contribution < 1.29 is 22.7 Å². The van der Waals surface area contributed by atoms with Crippen LogP contribution in [0.3, 0.4) is 0 Å². The normalized spacial score (nSPS) is 11.6. The first-order valence-corrected chi connectivity index (χ1v) is 10.6. The van der Waals surface area contributed by atoms with Gasteiger partial charge in [-0.2, -0.15) is 4.31 Å². The van der Waals surface area contributed by atoms with Gasteiger partial charge in [-0.15, -0.1) is 0 Å². The predicted molar refractivity (Wildman–Crippen MR) is 111 cm³/mol. The van der Waals surface area contributed by atoms with Crippen LogP contribution in [0.1, 0.15) is 39.8 Å². The molecular weight excluding hydrogens is 394 g/mol. The van der Waals surface area contributed by atoms with E-state index in [9.17, 15) is 18.0 Å². The van der Waals surface area contributed by atoms with Gasteiger partial charge < -0.3 is 15.0 Å². The maximum absolute atomic E-state index is 13.1. The van der Waals surface area contributed by atoms with Crippen LogP contribution in [-0.4, -0.2) is 49.8 Å². The molecular formula is C20H27N3O5S. The largest absolute Gasteiger partial charge is 0.461 e. The monoisotopic (exact) mass is 421 g/mol. The minimum absolute atomic E-state index is 0.0254. The Hall–Kier alpha value is -2.65. The number of carbonyl (C=O) groups is 2. The number of ether oxygens (including phenoxy) is 1. The zero-order valence-corrected chi connectivity index (χ0v) is 18.4. The Kier molecular flexibility index (Phi) is 6.86. The molecule has 2 rings (SSSR count). The van der Waals surface area contributed by atoms with Gasteiger partial charge in [0.05, 0.1) is 13.2 Å². The number of benzene rings is 1. The lowest BCUT2D eigenvalue weighted by Gasteiger charge is -2.18. The first-order valence-electron chi connectivity index (χ1n) is 9.19. The average Bonchev–Trinajstić information content (AvgIpc) is 2.94. The van der Waals surface area contributed by atoms with Gasteiger partial charge >= 0.3 is 5.97 Å². The minimum atomic E-state index is -4.00. The third-order valence-electron chi connectivity index (χ3n) is 4.76. The molecule has 8 nitrogen and oxygen atoms in total. The number of hydrogen-bond acceptors (Lipinski definition) is 5. The number of amides is 1. The van der Waals surface area contributed by atoms with Gasteiger partial charge in [0, 0.05) is 24.0 Å². The smallest absolute Gasteiger partial charge is 0.355 e. The number of aryl methyl sites for hydroxylation is 2. The van der Waals surface area contributed by atoms with E-state index in [0.29, 0.717) is 11.4 Å². The molecule has 0 saturated carbocycles. The second-order valence-electron chi connectivity index (χ2n) is 6.86. The number of H-pyrrole nitrogens is 1. The summed E-state index contributed by atoms with van der Waals surface area (Å²) in [5.74, 6) is -1.08. The van der Waals surface area contributed by atoms with Gasteiger partial charge in [0.1, 0.15) is 10.6 Å². The van der Waals surface area contributed by atoms with Gasteiger partial charge in [-0.1, -0.05) is 12.1 Å². The van der Waals surface area contributed by atoms with E-state index < -0.39 is 21.9 Å². The van der Waals surface area contributed by atoms with E-state index in [1.807, 2.05) is 26.0 Å². The van der Waals surface area contributed by atoms with Crippen molar-refractivity contribution in [2.24, 2.45) is 0 Å². The molecule has 2 N–H and O–H groups in total. The highest BCUT2D eigenvalue weighted by Crippen LogP contribution is 2.26. The molecule has 0 atom stereocenters. The predicted octanol–water partition coefficient (Wildman–Crippen LogP) is 2.68. The maximum atomic E-state index is 13.1. The first kappa shape index (κ1) is 22.6. The van der Waals surface area contributed by atoms with Crippen LogP contribution in [0.5, 0.6) is 0 Å². The number of aromatic amines is 1. The van der Waals surface area contributed by atoms with Crippen LogP contribution in [0.4, 0.5) is 5.69 Å². The molecule has 1 amide bonds. The molecule has 1 heterocycles. The minimum Gasteiger partial charge on any atom is -0.461 e. The van der Waals surface area contributed by atoms with Crippen molar-refractivity contribution in [3.8, 4) is 0 Å². The third-order valence-corrected chi connectivity index (χ3v) is 6.84. The Morgan fingerprint density at radius 3 is 2.41 bits per heavy atom. The molecule has 0 bridgehead atoms. The number of likely N-dealkylation sites (N-methyl/N-ethyl adjacent to an activating group) is 1. The van der Waals surface area contributed by atoms with E-state index in [1.54, 1.807) is 19.9 Å². The molecule has 0 aliphatic rings. The van der Waals surface area contributed by atoms with Crippen LogP contribution in [0.15, 0.2) is 23.1 Å². The molecule has 0 spiro atoms. The van der Waals surface area contributed by atoms with Crippen molar-refractivity contribution in [1.29, 1.82) is 0 Å². The zero-order chi connectivity index (χ0) is 21.9. The number of aromatic nitrogens is 1. The Morgan fingerprint density at radius 1 is 1.14 bits per heavy atom. The van der Waals surface area contributed by atoms with Crippen molar-refractivity contribution in [2.75, 3.05) is 25.5 Å². The molecule has 0 unspecified atom stereocenters. The zero-order valence-electron chi connectivity index (χ0n) is 17.5. The lowest BCUT2D eigenvalue weighted by atomic mass is 10.1. The summed E-state index contributed by atoms with van der Waals surface area (Å²) >= 11 is 0. The standard InChI is InChI=1S/C20H27N3O5S/c1-7-28-20(25)18-14(4)19(15(5)21-18)29(26,27)23(6)11-17(24)22-16-10-8-9-12(2)13(16)3/h8-10,21H,7,11H2,1-6H3,(H,22,24). The molecule has 1 aromatic carbocycles. The summed E-state index contributed by atoms with van der Waals surface area (Å²) in [4.78, 5) is 27.2. The SMILES string of the molecule is CCOC(=O)c1[nH]c(C)c(S(=O)(=O)N(C)CC(=O)Nc2cccc(C)c2C)c1C. The van der Waals surface area contributed by atoms with Crippen molar-refractivity contribution >= 4 is 27.6 Å². The van der Waals surface area contributed by atoms with Crippen molar-refractivity contribution in [3.63, 3.8) is 0 Å². The summed E-state index contributed by atoms with van der Waals surface area (Å²) in [5.41, 5.74) is 3.25. The lowest BCUT2D eigenvalue weighted by molar-refractivity contribution is -0.116. The Bertz CT molecular complexity index is 1040. The summed E-state index contributed by atoms with van der Waals surface area (Å²) in [7, 11) is -2.67. The highest BCUT2D eigenvalue weighted by molar-refractivity contribution is 7.89. The molecule has 2 aromatic rings. The fourth-order valence-electron chi connectivity index (χ4n) is 3.05. The van der Waals surface area contributed by atoms with E-state index in [-0.39, 0.29) is 29.3 Å². The number of nitrogens with one attached hydrogen (secondary N) is 2. The van der Waals surface area contributed by atoms with Crippen LogP contribution in [-0.2, 0) is 19.6 Å². The second-order valence-corrected chi connectivity index (χ2v) is 8.84. The van der Waals surface area contributed by atoms with Crippen LogP contribution in [0, 0.1) is 27.7 Å². The van der Waals surface area contributed by atoms with E-state index >= 15 is 0 Å². The quantitative estimate of drug-likeness (QED) is 0.668. The summed E-state index contributed by atoms with van der Waals surface area (Å²) in [6, 6.07) is 5.52. The van der Waals surface area contributed by atoms with Gasteiger partial charge in [0.2, 0.25) is 15.9 Å². The number of anilines is 1. The maximum Gasteiger partial charge on any atom is 0.355 e. The van der Waals surface area contributed by atoms with Crippen LogP contribution in [0.2, 0.25) is 0 Å². The Labute approximate surface area is 171 Å². The van der Waals surface area contributed by atoms with Crippen LogP contribution in [0.25, 0.3) is 0 Å². The molecule has 0 saturated heterocycles. The van der Waals surface area contributed by atoms with Crippen LogP contribution >= 0.6 is 0 Å². The summed E-state index contributed by atoms with van der Waals surface area (Å²) in [6.45, 7) is 8.39. The number of hydrogen-bond donors (Lipinski definition) is 2. The molecule has 158 valence electrons. The van der Waals surface area contributed by atoms with E-state index in [1.165, 1.54) is 14.0 Å². The van der Waals surface area contributed by atoms with Crippen molar-refractivity contribution in [2.45, 2.75) is 39.5 Å². The fourth-order valence-corrected chi connectivity index (χ4v) is 4.57. The van der Waals surface area contributed by atoms with Gasteiger partial charge in [-0.25, -0.2) is 13.2 Å². The number of rotatable bonds is 7. The summed E-state index contributed by atoms with van der Waals surface area (Å²) in [6.07, 6.45) is 0. The first-order chi connectivity index (χ1) is 13.5. The van der Waals surface area contributed by atoms with E-state index in [4.69, 9.17) is 4.74 Å². The molecule has 9 heteroatoms. The van der Waals surface area contributed by atoms with Crippen molar-refractivity contribution in [3.05, 3.63) is 46.3 Å². The fraction of sp³-hybridized carbons (Fsp3) is 0.400. The van der Waals surface area contributed by atoms with Gasteiger partial charge in [0.25, 0.3) is 0 Å². The molecule has 0 aliphatic carbocycles. The highest BCUT2D eigenvalue weighted by Gasteiger charge is 2.31. The molecule has 29 heavy (non-hydrogen) atoms. The molecule has 1 aromatic heterocycles. The number of carbonyl (C=O) groups excluding carboxylic acids is 2. The number of esters is 1. The van der Waals surface area contributed by atoms with Gasteiger partial charge in [-0.3, -0.25) is 4.79 Å². The Balaban J connectivity index is 2.24. The van der Waals surface area contributed by atoms with Gasteiger partial charge in [0.15, 0.2) is 0 Å². The summed E-state index contributed by atoms with van der Waals surface area (Å²) < 4.78 is 32.0. The molecule has 0 radical (unpaired) electrons. The topological polar surface area (TPSA) is 109 Å². The number of nitrogens with zero attached hydrogens (tertiary/aromatic N) is 1. The summed E-state index contributed by atoms with van der Waals surface area (Å²) in [5, 5.41) is 2.75. The number of sulfonamides is 1. The second kappa shape index (κ2) is 8.79. The lowest BCUT2D eigenvalue weighted by Crippen LogP contribution is -2.35. The Morgan fingerprint density at radius 2 is 1.79 bits per heavy atom. The third kappa shape index (κ3) is 4.68. The average molecular weight is 422 g/mol. The van der Waals surface area contributed by atoms with E-state index in [0.717, 1.165) is 15.4 Å². The highest BCUT2D eigenvalue weighted by atomic mass is 32.2. The molecule has 0 fully saturated rings.